The Kier molecular flexibility index (Phi) is 4.99. The van der Waals surface area contributed by atoms with Crippen LogP contribution in [0.25, 0.3) is 11.3 Å². The Labute approximate surface area is 192 Å². The number of imidazole rings is 1. The Hall–Kier alpha value is -3.62. The Morgan fingerprint density at radius 2 is 1.58 bits per heavy atom. The molecule has 0 aromatic carbocycles. The topological polar surface area (TPSA) is 91.1 Å². The van der Waals surface area contributed by atoms with Gasteiger partial charge in [0.2, 0.25) is 0 Å². The van der Waals surface area contributed by atoms with E-state index >= 15 is 0 Å². The molecule has 9 heteroatoms. The lowest BCUT2D eigenvalue weighted by Gasteiger charge is -2.26. The normalized spacial score (nSPS) is 12.8. The van der Waals surface area contributed by atoms with Crippen LogP contribution in [0.1, 0.15) is 63.7 Å². The number of rotatable bonds is 6. The molecule has 0 radical (unpaired) electrons. The first-order valence-electron chi connectivity index (χ1n) is 11.2. The molecule has 5 heterocycles. The predicted molar refractivity (Wildman–Crippen MR) is 125 cm³/mol. The molecule has 0 saturated carbocycles. The summed E-state index contributed by atoms with van der Waals surface area (Å²) in [6.07, 6.45) is 12.4. The number of aromatic nitrogens is 9. The number of aryl methyl sites for hydroxylation is 1. The van der Waals surface area contributed by atoms with Gasteiger partial charge in [0, 0.05) is 36.1 Å². The lowest BCUT2D eigenvalue weighted by atomic mass is 9.80. The molecule has 5 aromatic heterocycles. The molecule has 0 unspecified atom stereocenters. The second kappa shape index (κ2) is 7.75. The van der Waals surface area contributed by atoms with Crippen molar-refractivity contribution in [2.75, 3.05) is 0 Å². The quantitative estimate of drug-likeness (QED) is 0.398. The molecular formula is C24H29N9. The highest BCUT2D eigenvalue weighted by Gasteiger charge is 2.27. The summed E-state index contributed by atoms with van der Waals surface area (Å²) in [4.78, 5) is 18.0. The van der Waals surface area contributed by atoms with Crippen molar-refractivity contribution in [1.29, 1.82) is 0 Å². The molecule has 9 nitrogen and oxygen atoms in total. The van der Waals surface area contributed by atoms with E-state index in [1.165, 1.54) is 0 Å². The van der Waals surface area contributed by atoms with Crippen LogP contribution in [-0.4, -0.2) is 43.7 Å². The number of hydrogen-bond acceptors (Lipinski definition) is 6. The molecule has 33 heavy (non-hydrogen) atoms. The zero-order chi connectivity index (χ0) is 23.2. The molecule has 0 atom stereocenters. The molecular weight excluding hydrogens is 414 g/mol. The first kappa shape index (κ1) is 21.2. The second-order valence-corrected chi connectivity index (χ2v) is 10.2. The Morgan fingerprint density at radius 1 is 0.848 bits per heavy atom. The Balaban J connectivity index is 1.43. The molecule has 5 aromatic rings. The van der Waals surface area contributed by atoms with Gasteiger partial charge in [-0.05, 0) is 23.3 Å². The lowest BCUT2D eigenvalue weighted by Crippen LogP contribution is -2.22. The largest absolute Gasteiger partial charge is 0.331 e. The van der Waals surface area contributed by atoms with Crippen LogP contribution in [0.2, 0.25) is 0 Å². The van der Waals surface area contributed by atoms with E-state index in [1.54, 1.807) is 18.9 Å². The summed E-state index contributed by atoms with van der Waals surface area (Å²) in [6.45, 7) is 11.7. The summed E-state index contributed by atoms with van der Waals surface area (Å²) >= 11 is 0. The van der Waals surface area contributed by atoms with E-state index in [1.807, 2.05) is 32.3 Å². The minimum atomic E-state index is -0.140. The molecule has 170 valence electrons. The van der Waals surface area contributed by atoms with Gasteiger partial charge in [0.05, 0.1) is 18.6 Å². The monoisotopic (exact) mass is 443 g/mol. The van der Waals surface area contributed by atoms with Crippen molar-refractivity contribution in [3.8, 4) is 0 Å². The lowest BCUT2D eigenvalue weighted by molar-refractivity contribution is 0.470. The predicted octanol–water partition coefficient (Wildman–Crippen LogP) is 3.62. The van der Waals surface area contributed by atoms with E-state index in [0.717, 1.165) is 46.8 Å². The maximum Gasteiger partial charge on any atom is 0.162 e. The van der Waals surface area contributed by atoms with Crippen LogP contribution in [0, 0.1) is 0 Å². The summed E-state index contributed by atoms with van der Waals surface area (Å²) in [5.74, 6) is 0.915. The second-order valence-electron chi connectivity index (χ2n) is 10.2. The van der Waals surface area contributed by atoms with E-state index in [0.29, 0.717) is 6.54 Å². The zero-order valence-electron chi connectivity index (χ0n) is 19.8. The molecule has 0 spiro atoms. The summed E-state index contributed by atoms with van der Waals surface area (Å²) in [6, 6.07) is 4.31. The smallest absolute Gasteiger partial charge is 0.162 e. The molecule has 0 N–H and O–H groups in total. The van der Waals surface area contributed by atoms with Crippen molar-refractivity contribution in [2.24, 2.45) is 0 Å². The van der Waals surface area contributed by atoms with E-state index < -0.39 is 0 Å². The van der Waals surface area contributed by atoms with Gasteiger partial charge >= 0.3 is 0 Å². The van der Waals surface area contributed by atoms with Gasteiger partial charge in [0.1, 0.15) is 18.5 Å². The van der Waals surface area contributed by atoms with Crippen LogP contribution in [0.4, 0.5) is 0 Å². The molecule has 0 aliphatic rings. The molecule has 0 fully saturated rings. The van der Waals surface area contributed by atoms with Crippen molar-refractivity contribution in [3.63, 3.8) is 0 Å². The van der Waals surface area contributed by atoms with Crippen molar-refractivity contribution >= 4 is 11.3 Å². The SMILES string of the molecule is CC(C)(C)c1cnc(CCC(C)(C)c2ccc(Cn3ccnc3)n3ncnc23)n2ncnc12. The summed E-state index contributed by atoms with van der Waals surface area (Å²) in [5, 5.41) is 8.96. The van der Waals surface area contributed by atoms with Crippen LogP contribution in [0.3, 0.4) is 0 Å². The van der Waals surface area contributed by atoms with E-state index in [-0.39, 0.29) is 10.8 Å². The number of pyridine rings is 1. The summed E-state index contributed by atoms with van der Waals surface area (Å²) < 4.78 is 5.85. The standard InChI is InChI=1S/C24H29N9/c1-23(2,3)19-12-26-20(33-22(19)28-15-30-33)8-9-24(4,5)18-7-6-17(13-31-11-10-25-16-31)32-21(18)27-14-29-32/h6-7,10-12,14-16H,8-9,13H2,1-5H3. The molecule has 0 aliphatic heterocycles. The van der Waals surface area contributed by atoms with Gasteiger partial charge in [0.15, 0.2) is 11.3 Å². The maximum absolute atomic E-state index is 4.77. The number of fused-ring (bicyclic) bond motifs is 2. The van der Waals surface area contributed by atoms with Crippen molar-refractivity contribution in [3.05, 3.63) is 72.4 Å². The first-order valence-corrected chi connectivity index (χ1v) is 11.2. The highest BCUT2D eigenvalue weighted by Crippen LogP contribution is 2.32. The highest BCUT2D eigenvalue weighted by molar-refractivity contribution is 5.52. The van der Waals surface area contributed by atoms with Gasteiger partial charge in [0.25, 0.3) is 0 Å². The average molecular weight is 444 g/mol. The molecule has 0 amide bonds. The molecule has 0 bridgehead atoms. The first-order chi connectivity index (χ1) is 15.7. The fourth-order valence-corrected chi connectivity index (χ4v) is 4.30. The van der Waals surface area contributed by atoms with Crippen molar-refractivity contribution < 1.29 is 0 Å². The van der Waals surface area contributed by atoms with E-state index in [4.69, 9.17) is 4.98 Å². The van der Waals surface area contributed by atoms with Gasteiger partial charge in [-0.3, -0.25) is 0 Å². The van der Waals surface area contributed by atoms with Crippen molar-refractivity contribution in [1.82, 2.24) is 43.7 Å². The molecule has 0 saturated heterocycles. The fourth-order valence-electron chi connectivity index (χ4n) is 4.30. The van der Waals surface area contributed by atoms with Crippen LogP contribution < -0.4 is 0 Å². The van der Waals surface area contributed by atoms with Gasteiger partial charge < -0.3 is 4.57 Å². The fraction of sp³-hybridized carbons (Fsp3) is 0.417. The van der Waals surface area contributed by atoms with Crippen LogP contribution in [0.5, 0.6) is 0 Å². The third kappa shape index (κ3) is 3.88. The van der Waals surface area contributed by atoms with E-state index in [2.05, 4.69) is 71.9 Å². The van der Waals surface area contributed by atoms with Crippen LogP contribution in [0.15, 0.2) is 49.7 Å². The van der Waals surface area contributed by atoms with Crippen LogP contribution >= 0.6 is 0 Å². The molecule has 0 aliphatic carbocycles. The molecule has 5 rings (SSSR count). The average Bonchev–Trinajstić information content (AvgIpc) is 3.52. The zero-order valence-corrected chi connectivity index (χ0v) is 19.8. The third-order valence-electron chi connectivity index (χ3n) is 6.29. The number of hydrogen-bond donors (Lipinski definition) is 0. The third-order valence-corrected chi connectivity index (χ3v) is 6.29. The highest BCUT2D eigenvalue weighted by atomic mass is 15.3. The maximum atomic E-state index is 4.77. The van der Waals surface area contributed by atoms with E-state index in [9.17, 15) is 0 Å². The Morgan fingerprint density at radius 3 is 2.27 bits per heavy atom. The minimum Gasteiger partial charge on any atom is -0.331 e. The van der Waals surface area contributed by atoms with Gasteiger partial charge in [-0.25, -0.2) is 24.5 Å². The van der Waals surface area contributed by atoms with Gasteiger partial charge in [-0.2, -0.15) is 14.7 Å². The Bertz CT molecular complexity index is 1400. The van der Waals surface area contributed by atoms with Crippen LogP contribution in [-0.2, 0) is 23.8 Å². The minimum absolute atomic E-state index is 0.0448. The van der Waals surface area contributed by atoms with Gasteiger partial charge in [-0.1, -0.05) is 40.7 Å². The summed E-state index contributed by atoms with van der Waals surface area (Å²) in [5.41, 5.74) is 4.91. The van der Waals surface area contributed by atoms with Crippen molar-refractivity contribution in [2.45, 2.75) is 64.8 Å². The number of nitrogens with zero attached hydrogens (tertiary/aromatic N) is 9. The summed E-state index contributed by atoms with van der Waals surface area (Å²) in [7, 11) is 0. The van der Waals surface area contributed by atoms with Gasteiger partial charge in [-0.15, -0.1) is 0 Å².